The molecule has 2 aromatic heterocycles. The second-order valence-electron chi connectivity index (χ2n) is 12.2. The first-order valence-corrected chi connectivity index (χ1v) is 14.7. The number of benzene rings is 2. The maximum absolute atomic E-state index is 5.62. The highest BCUT2D eigenvalue weighted by Gasteiger charge is 2.36. The summed E-state index contributed by atoms with van der Waals surface area (Å²) in [6.07, 6.45) is 3.98. The minimum Gasteiger partial charge on any atom is -0.381 e. The number of halogens is 1. The van der Waals surface area contributed by atoms with Crippen molar-refractivity contribution in [2.24, 2.45) is 10.8 Å². The van der Waals surface area contributed by atoms with E-state index in [9.17, 15) is 0 Å². The van der Waals surface area contributed by atoms with E-state index in [-0.39, 0.29) is 10.8 Å². The molecule has 6 rings (SSSR count). The molecule has 2 aromatic carbocycles. The second kappa shape index (κ2) is 11.5. The van der Waals surface area contributed by atoms with Gasteiger partial charge in [-0.25, -0.2) is 0 Å². The average Bonchev–Trinajstić information content (AvgIpc) is 2.92. The topological polar surface area (TPSA) is 44.2 Å². The normalized spacial score (nSPS) is 22.2. The van der Waals surface area contributed by atoms with Crippen LogP contribution in [0.25, 0.3) is 27.9 Å². The van der Waals surface area contributed by atoms with Gasteiger partial charge < -0.3 is 9.47 Å². The lowest BCUT2D eigenvalue weighted by molar-refractivity contribution is -0.00552. The van der Waals surface area contributed by atoms with Crippen LogP contribution in [-0.2, 0) is 9.47 Å². The Hall–Kier alpha value is -2.60. The van der Waals surface area contributed by atoms with Gasteiger partial charge in [-0.15, -0.1) is 0 Å². The number of hydrogen-bond donors (Lipinski definition) is 0. The Bertz CT molecular complexity index is 1480. The molecule has 2 unspecified atom stereocenters. The molecular weight excluding hydrogens is 548 g/mol. The first-order valence-electron chi connectivity index (χ1n) is 13.9. The molecule has 0 bridgehead atoms. The third kappa shape index (κ3) is 6.26. The minimum absolute atomic E-state index is 0.153. The van der Waals surface area contributed by atoms with Crippen LogP contribution < -0.4 is 0 Å². The molecule has 4 nitrogen and oxygen atoms in total. The highest BCUT2D eigenvalue weighted by atomic mass is 79.9. The van der Waals surface area contributed by atoms with Crippen LogP contribution in [0, 0.1) is 10.8 Å². The van der Waals surface area contributed by atoms with Crippen molar-refractivity contribution in [3.8, 4) is 0 Å². The first kappa shape index (κ1) is 27.9. The SMILES string of the molecule is C=Cc1ccc2nc(C3CCOCC3(C)C)ccc2c1.CC1(C)COCCC1c1ccc2cc(Br)ccc2n1. The summed E-state index contributed by atoms with van der Waals surface area (Å²) in [4.78, 5) is 9.74. The van der Waals surface area contributed by atoms with Crippen LogP contribution in [0.15, 0.2) is 71.7 Å². The van der Waals surface area contributed by atoms with Gasteiger partial charge in [-0.05, 0) is 71.7 Å². The van der Waals surface area contributed by atoms with Crippen molar-refractivity contribution < 1.29 is 9.47 Å². The van der Waals surface area contributed by atoms with E-state index in [1.54, 1.807) is 0 Å². The van der Waals surface area contributed by atoms with E-state index in [1.165, 1.54) is 22.2 Å². The molecule has 4 aromatic rings. The van der Waals surface area contributed by atoms with Crippen LogP contribution in [-0.4, -0.2) is 36.4 Å². The van der Waals surface area contributed by atoms with Crippen LogP contribution in [0.4, 0.5) is 0 Å². The van der Waals surface area contributed by atoms with Gasteiger partial charge in [-0.1, -0.05) is 74.5 Å². The van der Waals surface area contributed by atoms with E-state index in [0.717, 1.165) is 60.3 Å². The molecule has 4 heterocycles. The molecule has 2 atom stereocenters. The zero-order valence-electron chi connectivity index (χ0n) is 23.5. The molecule has 0 radical (unpaired) electrons. The standard InChI is InChI=1S/C18H21NO.C16H18BrNO/c1-4-13-5-7-16-14(11-13)6-8-17(19-16)15-9-10-20-12-18(15,2)3;1-16(2)10-19-8-7-13(16)15-5-3-11-9-12(17)4-6-14(11)18-15/h4-8,11,15H,1,9-10,12H2,2-3H3;3-6,9,13H,7-8,10H2,1-2H3. The Morgan fingerprint density at radius 1 is 0.744 bits per heavy atom. The summed E-state index contributed by atoms with van der Waals surface area (Å²) in [5, 5.41) is 2.36. The summed E-state index contributed by atoms with van der Waals surface area (Å²) in [6.45, 7) is 16.2. The van der Waals surface area contributed by atoms with Crippen LogP contribution in [0.1, 0.15) is 69.3 Å². The first-order chi connectivity index (χ1) is 18.7. The molecule has 39 heavy (non-hydrogen) atoms. The number of ether oxygens (including phenoxy) is 2. The lowest BCUT2D eigenvalue weighted by Crippen LogP contribution is -2.34. The van der Waals surface area contributed by atoms with Gasteiger partial charge in [0.15, 0.2) is 0 Å². The molecule has 204 valence electrons. The quantitative estimate of drug-likeness (QED) is 0.240. The molecule has 0 aliphatic carbocycles. The summed E-state index contributed by atoms with van der Waals surface area (Å²) >= 11 is 3.50. The zero-order valence-corrected chi connectivity index (χ0v) is 25.1. The molecule has 5 heteroatoms. The number of rotatable bonds is 3. The fraction of sp³-hybridized carbons (Fsp3) is 0.412. The van der Waals surface area contributed by atoms with Crippen LogP contribution in [0.3, 0.4) is 0 Å². The summed E-state index contributed by atoms with van der Waals surface area (Å²) in [6, 6.07) is 21.2. The molecule has 2 fully saturated rings. The Morgan fingerprint density at radius 3 is 1.77 bits per heavy atom. The van der Waals surface area contributed by atoms with E-state index in [0.29, 0.717) is 11.8 Å². The fourth-order valence-corrected chi connectivity index (χ4v) is 6.32. The van der Waals surface area contributed by atoms with Gasteiger partial charge in [0, 0.05) is 51.7 Å². The van der Waals surface area contributed by atoms with Crippen molar-refractivity contribution in [1.29, 1.82) is 0 Å². The van der Waals surface area contributed by atoms with E-state index < -0.39 is 0 Å². The summed E-state index contributed by atoms with van der Waals surface area (Å²) < 4.78 is 12.3. The predicted molar refractivity (Wildman–Crippen MR) is 165 cm³/mol. The molecule has 0 N–H and O–H groups in total. The smallest absolute Gasteiger partial charge is 0.0706 e. The Kier molecular flexibility index (Phi) is 8.23. The predicted octanol–water partition coefficient (Wildman–Crippen LogP) is 8.94. The van der Waals surface area contributed by atoms with Gasteiger partial charge in [0.1, 0.15) is 0 Å². The zero-order chi connectivity index (χ0) is 27.6. The van der Waals surface area contributed by atoms with Gasteiger partial charge in [0.25, 0.3) is 0 Å². The number of pyridine rings is 2. The van der Waals surface area contributed by atoms with Gasteiger partial charge in [-0.3, -0.25) is 9.97 Å². The molecule has 2 aliphatic rings. The second-order valence-corrected chi connectivity index (χ2v) is 13.1. The van der Waals surface area contributed by atoms with E-state index in [1.807, 2.05) is 12.1 Å². The summed E-state index contributed by atoms with van der Waals surface area (Å²) in [7, 11) is 0. The summed E-state index contributed by atoms with van der Waals surface area (Å²) in [5.41, 5.74) is 5.98. The third-order valence-corrected chi connectivity index (χ3v) is 8.79. The molecule has 0 amide bonds. The highest BCUT2D eigenvalue weighted by molar-refractivity contribution is 9.10. The highest BCUT2D eigenvalue weighted by Crippen LogP contribution is 2.42. The number of hydrogen-bond acceptors (Lipinski definition) is 4. The van der Waals surface area contributed by atoms with Crippen molar-refractivity contribution in [3.63, 3.8) is 0 Å². The Morgan fingerprint density at radius 2 is 1.26 bits per heavy atom. The van der Waals surface area contributed by atoms with E-state index in [2.05, 4.69) is 105 Å². The fourth-order valence-electron chi connectivity index (χ4n) is 5.94. The van der Waals surface area contributed by atoms with Gasteiger partial charge in [-0.2, -0.15) is 0 Å². The molecule has 2 aliphatic heterocycles. The van der Waals surface area contributed by atoms with Crippen molar-refractivity contribution in [3.05, 3.63) is 88.7 Å². The van der Waals surface area contributed by atoms with E-state index in [4.69, 9.17) is 19.4 Å². The van der Waals surface area contributed by atoms with Crippen molar-refractivity contribution in [1.82, 2.24) is 9.97 Å². The van der Waals surface area contributed by atoms with Crippen LogP contribution in [0.2, 0.25) is 0 Å². The molecule has 2 saturated heterocycles. The monoisotopic (exact) mass is 586 g/mol. The maximum atomic E-state index is 5.62. The molecular formula is C34H39BrN2O2. The maximum Gasteiger partial charge on any atom is 0.0706 e. The largest absolute Gasteiger partial charge is 0.381 e. The molecule has 0 spiro atoms. The van der Waals surface area contributed by atoms with Crippen molar-refractivity contribution >= 4 is 43.8 Å². The molecule has 0 saturated carbocycles. The van der Waals surface area contributed by atoms with Crippen molar-refractivity contribution in [2.75, 3.05) is 26.4 Å². The number of fused-ring (bicyclic) bond motifs is 2. The number of aromatic nitrogens is 2. The van der Waals surface area contributed by atoms with Gasteiger partial charge in [0.2, 0.25) is 0 Å². The lowest BCUT2D eigenvalue weighted by atomic mass is 9.74. The number of nitrogens with zero attached hydrogens (tertiary/aromatic N) is 2. The van der Waals surface area contributed by atoms with Crippen LogP contribution >= 0.6 is 15.9 Å². The lowest BCUT2D eigenvalue weighted by Gasteiger charge is -2.38. The van der Waals surface area contributed by atoms with E-state index >= 15 is 0 Å². The van der Waals surface area contributed by atoms with Gasteiger partial charge >= 0.3 is 0 Å². The van der Waals surface area contributed by atoms with Gasteiger partial charge in [0.05, 0.1) is 24.2 Å². The Balaban J connectivity index is 0.000000158. The summed E-state index contributed by atoms with van der Waals surface area (Å²) in [5.74, 6) is 0.953. The average molecular weight is 588 g/mol. The minimum atomic E-state index is 0.153. The van der Waals surface area contributed by atoms with Crippen LogP contribution in [0.5, 0.6) is 0 Å². The Labute approximate surface area is 241 Å². The third-order valence-electron chi connectivity index (χ3n) is 8.29. The van der Waals surface area contributed by atoms with Crippen molar-refractivity contribution in [2.45, 2.75) is 52.4 Å².